The number of hydrogen-bond donors (Lipinski definition) is 1. The molecular formula is C18H22BrNO4. The van der Waals surface area contributed by atoms with E-state index in [1.54, 1.807) is 4.90 Å². The molecule has 6 heteroatoms. The molecule has 1 aromatic rings. The maximum absolute atomic E-state index is 13.2. The van der Waals surface area contributed by atoms with Gasteiger partial charge in [0.25, 0.3) is 0 Å². The number of carboxylic acid groups (broad SMARTS) is 1. The third-order valence-electron chi connectivity index (χ3n) is 5.53. The molecule has 24 heavy (non-hydrogen) atoms. The number of hydrogen-bond acceptors (Lipinski definition) is 3. The first-order chi connectivity index (χ1) is 11.4. The monoisotopic (exact) mass is 395 g/mol. The number of carbonyl (C=O) groups is 2. The Hall–Kier alpha value is -1.40. The smallest absolute Gasteiger partial charge is 0.313 e. The Labute approximate surface area is 150 Å². The molecule has 1 N–H and O–H groups in total. The average molecular weight is 396 g/mol. The minimum absolute atomic E-state index is 0.0651. The molecular weight excluding hydrogens is 374 g/mol. The highest BCUT2D eigenvalue weighted by atomic mass is 79.9. The molecule has 0 aromatic heterocycles. The van der Waals surface area contributed by atoms with Gasteiger partial charge < -0.3 is 14.7 Å². The Morgan fingerprint density at radius 3 is 2.42 bits per heavy atom. The SMILES string of the molecule is COCC1(C(=O)O)CCN(C(=O)C2(c3ccc(Br)cc3)CCC2)C1. The summed E-state index contributed by atoms with van der Waals surface area (Å²) in [5.41, 5.74) is -0.432. The number of nitrogens with zero attached hydrogens (tertiary/aromatic N) is 1. The van der Waals surface area contributed by atoms with Crippen LogP contribution in [0.4, 0.5) is 0 Å². The van der Waals surface area contributed by atoms with Crippen molar-refractivity contribution in [1.82, 2.24) is 4.90 Å². The predicted octanol–water partition coefficient (Wildman–Crippen LogP) is 2.82. The summed E-state index contributed by atoms with van der Waals surface area (Å²) in [5.74, 6) is -0.818. The Balaban J connectivity index is 1.83. The van der Waals surface area contributed by atoms with Crippen LogP contribution in [0.15, 0.2) is 28.7 Å². The van der Waals surface area contributed by atoms with Crippen LogP contribution in [0.5, 0.6) is 0 Å². The van der Waals surface area contributed by atoms with E-state index in [4.69, 9.17) is 4.74 Å². The maximum Gasteiger partial charge on any atom is 0.313 e. The van der Waals surface area contributed by atoms with Crippen LogP contribution in [0.25, 0.3) is 0 Å². The van der Waals surface area contributed by atoms with E-state index >= 15 is 0 Å². The van der Waals surface area contributed by atoms with Crippen LogP contribution in [-0.4, -0.2) is 48.7 Å². The number of amides is 1. The third-order valence-corrected chi connectivity index (χ3v) is 6.06. The van der Waals surface area contributed by atoms with Crippen molar-refractivity contribution in [2.24, 2.45) is 5.41 Å². The van der Waals surface area contributed by atoms with Crippen LogP contribution < -0.4 is 0 Å². The van der Waals surface area contributed by atoms with E-state index in [0.717, 1.165) is 29.3 Å². The first kappa shape index (κ1) is 17.4. The summed E-state index contributed by atoms with van der Waals surface area (Å²) < 4.78 is 6.10. The topological polar surface area (TPSA) is 66.8 Å². The molecule has 1 amide bonds. The lowest BCUT2D eigenvalue weighted by atomic mass is 9.63. The van der Waals surface area contributed by atoms with Gasteiger partial charge in [-0.15, -0.1) is 0 Å². The fourth-order valence-corrected chi connectivity index (χ4v) is 4.17. The molecule has 1 aromatic carbocycles. The predicted molar refractivity (Wildman–Crippen MR) is 92.8 cm³/mol. The van der Waals surface area contributed by atoms with Gasteiger partial charge in [-0.3, -0.25) is 9.59 Å². The molecule has 1 aliphatic carbocycles. The second-order valence-electron chi connectivity index (χ2n) is 6.94. The van der Waals surface area contributed by atoms with Crippen LogP contribution in [0, 0.1) is 5.41 Å². The van der Waals surface area contributed by atoms with Gasteiger partial charge in [-0.2, -0.15) is 0 Å². The normalized spacial score (nSPS) is 25.3. The Bertz CT molecular complexity index is 641. The summed E-state index contributed by atoms with van der Waals surface area (Å²) in [6, 6.07) is 7.91. The third kappa shape index (κ3) is 2.75. The highest BCUT2D eigenvalue weighted by molar-refractivity contribution is 9.10. The number of carbonyl (C=O) groups excluding carboxylic acids is 1. The summed E-state index contributed by atoms with van der Waals surface area (Å²) >= 11 is 3.43. The lowest BCUT2D eigenvalue weighted by Gasteiger charge is -2.43. The van der Waals surface area contributed by atoms with Crippen LogP contribution in [0.3, 0.4) is 0 Å². The number of likely N-dealkylation sites (tertiary alicyclic amines) is 1. The molecule has 1 heterocycles. The number of methoxy groups -OCH3 is 1. The highest BCUT2D eigenvalue weighted by Crippen LogP contribution is 2.47. The first-order valence-electron chi connectivity index (χ1n) is 8.21. The van der Waals surface area contributed by atoms with Gasteiger partial charge in [-0.1, -0.05) is 34.5 Å². The van der Waals surface area contributed by atoms with E-state index in [9.17, 15) is 14.7 Å². The second kappa shape index (κ2) is 6.48. The van der Waals surface area contributed by atoms with Gasteiger partial charge in [0.2, 0.25) is 5.91 Å². The number of rotatable bonds is 5. The largest absolute Gasteiger partial charge is 0.481 e. The summed E-state index contributed by atoms with van der Waals surface area (Å²) in [6.07, 6.45) is 3.12. The molecule has 1 saturated carbocycles. The molecule has 2 fully saturated rings. The maximum atomic E-state index is 13.2. The van der Waals surface area contributed by atoms with Crippen molar-refractivity contribution < 1.29 is 19.4 Å². The van der Waals surface area contributed by atoms with Crippen molar-refractivity contribution in [3.05, 3.63) is 34.3 Å². The van der Waals surface area contributed by atoms with Gasteiger partial charge in [0.1, 0.15) is 5.41 Å². The van der Waals surface area contributed by atoms with Crippen molar-refractivity contribution in [2.75, 3.05) is 26.8 Å². The number of benzene rings is 1. The van der Waals surface area contributed by atoms with Gasteiger partial charge in [-0.25, -0.2) is 0 Å². The molecule has 0 bridgehead atoms. The molecule has 1 saturated heterocycles. The molecule has 130 valence electrons. The second-order valence-corrected chi connectivity index (χ2v) is 7.85. The average Bonchev–Trinajstić information content (AvgIpc) is 2.94. The Morgan fingerprint density at radius 1 is 1.25 bits per heavy atom. The quantitative estimate of drug-likeness (QED) is 0.831. The van der Waals surface area contributed by atoms with E-state index in [0.29, 0.717) is 13.0 Å². The van der Waals surface area contributed by atoms with Crippen molar-refractivity contribution in [1.29, 1.82) is 0 Å². The van der Waals surface area contributed by atoms with Gasteiger partial charge in [-0.05, 0) is 37.0 Å². The fourth-order valence-electron chi connectivity index (χ4n) is 3.90. The first-order valence-corrected chi connectivity index (χ1v) is 9.01. The van der Waals surface area contributed by atoms with Crippen molar-refractivity contribution in [3.8, 4) is 0 Å². The van der Waals surface area contributed by atoms with E-state index in [2.05, 4.69) is 15.9 Å². The Morgan fingerprint density at radius 2 is 1.92 bits per heavy atom. The number of halogens is 1. The number of ether oxygens (including phenoxy) is 1. The lowest BCUT2D eigenvalue weighted by Crippen LogP contribution is -2.51. The van der Waals surface area contributed by atoms with E-state index in [-0.39, 0.29) is 19.1 Å². The number of aliphatic carboxylic acids is 1. The standard InChI is InChI=1S/C18H22BrNO4/c1-24-12-17(16(22)23)9-10-20(11-17)15(21)18(7-2-8-18)13-3-5-14(19)6-4-13/h3-6H,2,7-12H2,1H3,(H,22,23). The van der Waals surface area contributed by atoms with Crippen molar-refractivity contribution >= 4 is 27.8 Å². The number of carboxylic acids is 1. The van der Waals surface area contributed by atoms with Crippen LogP contribution in [0.1, 0.15) is 31.2 Å². The minimum atomic E-state index is -0.977. The molecule has 5 nitrogen and oxygen atoms in total. The molecule has 0 spiro atoms. The summed E-state index contributed by atoms with van der Waals surface area (Å²) in [7, 11) is 1.50. The summed E-state index contributed by atoms with van der Waals surface area (Å²) in [6.45, 7) is 0.845. The molecule has 1 aliphatic heterocycles. The Kier molecular flexibility index (Phi) is 4.71. The van der Waals surface area contributed by atoms with Gasteiger partial charge in [0.15, 0.2) is 0 Å². The van der Waals surface area contributed by atoms with Gasteiger partial charge in [0, 0.05) is 24.7 Å². The van der Waals surface area contributed by atoms with Crippen LogP contribution in [-0.2, 0) is 19.7 Å². The molecule has 3 rings (SSSR count). The summed E-state index contributed by atoms with van der Waals surface area (Å²) in [4.78, 5) is 26.7. The van der Waals surface area contributed by atoms with Crippen molar-refractivity contribution in [3.63, 3.8) is 0 Å². The van der Waals surface area contributed by atoms with Gasteiger partial charge >= 0.3 is 5.97 Å². The van der Waals surface area contributed by atoms with Crippen molar-refractivity contribution in [2.45, 2.75) is 31.1 Å². The summed E-state index contributed by atoms with van der Waals surface area (Å²) in [5, 5.41) is 9.59. The van der Waals surface area contributed by atoms with E-state index < -0.39 is 16.8 Å². The fraction of sp³-hybridized carbons (Fsp3) is 0.556. The van der Waals surface area contributed by atoms with Crippen LogP contribution >= 0.6 is 15.9 Å². The highest BCUT2D eigenvalue weighted by Gasteiger charge is 2.53. The lowest BCUT2D eigenvalue weighted by molar-refractivity contribution is -0.152. The zero-order valence-corrected chi connectivity index (χ0v) is 15.3. The van der Waals surface area contributed by atoms with Gasteiger partial charge in [0.05, 0.1) is 12.0 Å². The molecule has 0 radical (unpaired) electrons. The van der Waals surface area contributed by atoms with E-state index in [1.807, 2.05) is 24.3 Å². The zero-order chi connectivity index (χ0) is 17.4. The van der Waals surface area contributed by atoms with Crippen LogP contribution in [0.2, 0.25) is 0 Å². The van der Waals surface area contributed by atoms with E-state index in [1.165, 1.54) is 7.11 Å². The molecule has 1 atom stereocenters. The molecule has 2 aliphatic rings. The zero-order valence-electron chi connectivity index (χ0n) is 13.8. The molecule has 1 unspecified atom stereocenters. The minimum Gasteiger partial charge on any atom is -0.481 e.